The molecule has 2 N–H and O–H groups in total. The molecule has 1 aromatic heterocycles. The second-order valence-electron chi connectivity index (χ2n) is 5.76. The molecule has 3 aromatic rings. The molecular weight excluding hydrogens is 338 g/mol. The molecule has 0 radical (unpaired) electrons. The summed E-state index contributed by atoms with van der Waals surface area (Å²) in [5.74, 6) is 0.762. The van der Waals surface area contributed by atoms with Crippen molar-refractivity contribution in [3.63, 3.8) is 0 Å². The zero-order chi connectivity index (χ0) is 18.0. The summed E-state index contributed by atoms with van der Waals surface area (Å²) in [6.07, 6.45) is 1.76. The second-order valence-corrected chi connectivity index (χ2v) is 7.32. The number of ether oxygens (including phenoxy) is 1. The van der Waals surface area contributed by atoms with Crippen LogP contribution in [0.4, 0.5) is 5.69 Å². The number of anilines is 1. The molecule has 0 saturated carbocycles. The number of nitrogens with two attached hydrogens (primary N) is 1. The maximum Gasteiger partial charge on any atom is 0.238 e. The van der Waals surface area contributed by atoms with Crippen molar-refractivity contribution in [1.29, 1.82) is 0 Å². The molecule has 7 heteroatoms. The van der Waals surface area contributed by atoms with Crippen LogP contribution in [0.25, 0.3) is 10.9 Å². The first kappa shape index (κ1) is 17.2. The van der Waals surface area contributed by atoms with Crippen molar-refractivity contribution in [3.05, 3.63) is 60.3 Å². The molecule has 0 fully saturated rings. The average molecular weight is 357 g/mol. The number of primary sulfonamides is 1. The minimum absolute atomic E-state index is 0.111. The lowest BCUT2D eigenvalue weighted by atomic mass is 10.1. The number of hydrogen-bond donors (Lipinski definition) is 1. The van der Waals surface area contributed by atoms with E-state index in [2.05, 4.69) is 9.88 Å². The Morgan fingerprint density at radius 3 is 2.48 bits per heavy atom. The van der Waals surface area contributed by atoms with Gasteiger partial charge in [-0.3, -0.25) is 4.98 Å². The molecule has 25 heavy (non-hydrogen) atoms. The smallest absolute Gasteiger partial charge is 0.238 e. The van der Waals surface area contributed by atoms with E-state index in [4.69, 9.17) is 9.88 Å². The van der Waals surface area contributed by atoms with Gasteiger partial charge in [-0.1, -0.05) is 12.1 Å². The minimum Gasteiger partial charge on any atom is -0.497 e. The number of rotatable bonds is 5. The summed E-state index contributed by atoms with van der Waals surface area (Å²) < 4.78 is 27.9. The van der Waals surface area contributed by atoms with Crippen LogP contribution >= 0.6 is 0 Å². The molecule has 1 heterocycles. The Morgan fingerprint density at radius 1 is 1.12 bits per heavy atom. The summed E-state index contributed by atoms with van der Waals surface area (Å²) in [6, 6.07) is 14.3. The maximum absolute atomic E-state index is 11.3. The van der Waals surface area contributed by atoms with Gasteiger partial charge in [0.15, 0.2) is 0 Å². The Balaban J connectivity index is 1.88. The molecule has 0 aliphatic carbocycles. The molecule has 0 saturated heterocycles. The van der Waals surface area contributed by atoms with Crippen LogP contribution in [0.5, 0.6) is 5.75 Å². The Bertz CT molecular complexity index is 1000. The lowest BCUT2D eigenvalue weighted by Gasteiger charge is -2.21. The lowest BCUT2D eigenvalue weighted by Crippen LogP contribution is -2.17. The lowest BCUT2D eigenvalue weighted by molar-refractivity contribution is 0.415. The topological polar surface area (TPSA) is 85.5 Å². The van der Waals surface area contributed by atoms with Gasteiger partial charge in [0.05, 0.1) is 17.5 Å². The van der Waals surface area contributed by atoms with Crippen LogP contribution < -0.4 is 14.8 Å². The molecular formula is C18H19N3O3S. The van der Waals surface area contributed by atoms with Crippen molar-refractivity contribution >= 4 is 26.6 Å². The van der Waals surface area contributed by atoms with Crippen LogP contribution in [-0.4, -0.2) is 27.6 Å². The summed E-state index contributed by atoms with van der Waals surface area (Å²) in [6.45, 7) is 0.621. The molecule has 2 aromatic carbocycles. The highest BCUT2D eigenvalue weighted by molar-refractivity contribution is 7.89. The van der Waals surface area contributed by atoms with E-state index in [9.17, 15) is 8.42 Å². The number of fused-ring (bicyclic) bond motifs is 1. The van der Waals surface area contributed by atoms with Gasteiger partial charge in [-0.05, 0) is 35.9 Å². The highest BCUT2D eigenvalue weighted by atomic mass is 32.2. The monoisotopic (exact) mass is 357 g/mol. The normalized spacial score (nSPS) is 11.5. The number of pyridine rings is 1. The van der Waals surface area contributed by atoms with Crippen LogP contribution in [0.2, 0.25) is 0 Å². The fraction of sp³-hybridized carbons (Fsp3) is 0.167. The Kier molecular flexibility index (Phi) is 4.61. The minimum atomic E-state index is -3.67. The van der Waals surface area contributed by atoms with Crippen molar-refractivity contribution in [2.24, 2.45) is 5.14 Å². The first-order chi connectivity index (χ1) is 11.9. The molecule has 0 unspecified atom stereocenters. The number of nitrogens with zero attached hydrogens (tertiary/aromatic N) is 2. The van der Waals surface area contributed by atoms with Crippen LogP contribution in [0, 0.1) is 0 Å². The van der Waals surface area contributed by atoms with Gasteiger partial charge in [-0.25, -0.2) is 13.6 Å². The molecule has 0 aliphatic heterocycles. The fourth-order valence-corrected chi connectivity index (χ4v) is 3.23. The number of aromatic nitrogens is 1. The number of sulfonamides is 1. The Morgan fingerprint density at radius 2 is 1.84 bits per heavy atom. The first-order valence-electron chi connectivity index (χ1n) is 7.64. The van der Waals surface area contributed by atoms with Gasteiger partial charge in [0.1, 0.15) is 5.75 Å². The molecule has 0 amide bonds. The van der Waals surface area contributed by atoms with Crippen molar-refractivity contribution in [3.8, 4) is 5.75 Å². The Labute approximate surface area is 146 Å². The van der Waals surface area contributed by atoms with Crippen LogP contribution in [0.1, 0.15) is 5.56 Å². The molecule has 0 bridgehead atoms. The quantitative estimate of drug-likeness (QED) is 0.758. The molecule has 6 nitrogen and oxygen atoms in total. The van der Waals surface area contributed by atoms with Crippen molar-refractivity contribution in [2.45, 2.75) is 11.4 Å². The number of methoxy groups -OCH3 is 1. The van der Waals surface area contributed by atoms with E-state index < -0.39 is 10.0 Å². The number of benzene rings is 2. The SMILES string of the molecule is COc1ccc2c(N(C)Cc3ccc(S(N)(=O)=O)cc3)ccnc2c1. The third-order valence-electron chi connectivity index (χ3n) is 4.01. The molecule has 0 spiro atoms. The molecule has 130 valence electrons. The second kappa shape index (κ2) is 6.70. The third kappa shape index (κ3) is 3.72. The van der Waals surface area contributed by atoms with Gasteiger partial charge in [0.2, 0.25) is 10.0 Å². The van der Waals surface area contributed by atoms with Crippen molar-refractivity contribution in [2.75, 3.05) is 19.1 Å². The van der Waals surface area contributed by atoms with Gasteiger partial charge < -0.3 is 9.64 Å². The van der Waals surface area contributed by atoms with Gasteiger partial charge in [0.25, 0.3) is 0 Å². The summed E-state index contributed by atoms with van der Waals surface area (Å²) in [5.41, 5.74) is 2.87. The number of hydrogen-bond acceptors (Lipinski definition) is 5. The van der Waals surface area contributed by atoms with E-state index in [-0.39, 0.29) is 4.90 Å². The fourth-order valence-electron chi connectivity index (χ4n) is 2.72. The van der Waals surface area contributed by atoms with E-state index >= 15 is 0 Å². The third-order valence-corrected chi connectivity index (χ3v) is 4.94. The van der Waals surface area contributed by atoms with Gasteiger partial charge in [-0.15, -0.1) is 0 Å². The zero-order valence-corrected chi connectivity index (χ0v) is 14.8. The van der Waals surface area contributed by atoms with Gasteiger partial charge in [-0.2, -0.15) is 0 Å². The van der Waals surface area contributed by atoms with E-state index in [0.717, 1.165) is 27.9 Å². The van der Waals surface area contributed by atoms with Crippen LogP contribution in [0.3, 0.4) is 0 Å². The summed E-state index contributed by atoms with van der Waals surface area (Å²) in [4.78, 5) is 6.59. The average Bonchev–Trinajstić information content (AvgIpc) is 2.60. The first-order valence-corrected chi connectivity index (χ1v) is 9.19. The maximum atomic E-state index is 11.3. The molecule has 3 rings (SSSR count). The summed E-state index contributed by atoms with van der Waals surface area (Å²) in [7, 11) is -0.0633. The zero-order valence-electron chi connectivity index (χ0n) is 14.0. The van der Waals surface area contributed by atoms with Crippen LogP contribution in [-0.2, 0) is 16.6 Å². The van der Waals surface area contributed by atoms with E-state index in [1.165, 1.54) is 12.1 Å². The van der Waals surface area contributed by atoms with Gasteiger partial charge in [0, 0.05) is 36.9 Å². The van der Waals surface area contributed by atoms with Crippen LogP contribution in [0.15, 0.2) is 59.6 Å². The van der Waals surface area contributed by atoms with E-state index in [1.54, 1.807) is 25.4 Å². The predicted molar refractivity (Wildman–Crippen MR) is 98.2 cm³/mol. The predicted octanol–water partition coefficient (Wildman–Crippen LogP) is 2.53. The highest BCUT2D eigenvalue weighted by Crippen LogP contribution is 2.28. The van der Waals surface area contributed by atoms with Gasteiger partial charge >= 0.3 is 0 Å². The summed E-state index contributed by atoms with van der Waals surface area (Å²) in [5, 5.41) is 6.15. The van der Waals surface area contributed by atoms with Crippen molar-refractivity contribution < 1.29 is 13.2 Å². The summed E-state index contributed by atoms with van der Waals surface area (Å²) >= 11 is 0. The van der Waals surface area contributed by atoms with E-state index in [1.807, 2.05) is 31.3 Å². The standard InChI is InChI=1S/C18H19N3O3S/c1-21(12-13-3-6-15(7-4-13)25(19,22)23)18-9-10-20-17-11-14(24-2)5-8-16(17)18/h3-11H,12H2,1-2H3,(H2,19,22,23). The largest absolute Gasteiger partial charge is 0.497 e. The highest BCUT2D eigenvalue weighted by Gasteiger charge is 2.10. The van der Waals surface area contributed by atoms with Crippen molar-refractivity contribution in [1.82, 2.24) is 4.98 Å². The Hall–Kier alpha value is -2.64. The van der Waals surface area contributed by atoms with E-state index in [0.29, 0.717) is 6.54 Å². The molecule has 0 aliphatic rings. The molecule has 0 atom stereocenters.